The Labute approximate surface area is 171 Å². The van der Waals surface area contributed by atoms with Gasteiger partial charge in [0.1, 0.15) is 6.54 Å². The van der Waals surface area contributed by atoms with E-state index in [0.717, 1.165) is 16.7 Å². The fourth-order valence-corrected chi connectivity index (χ4v) is 3.15. The van der Waals surface area contributed by atoms with Gasteiger partial charge in [-0.3, -0.25) is 19.3 Å². The lowest BCUT2D eigenvalue weighted by atomic mass is 10.2. The van der Waals surface area contributed by atoms with Crippen molar-refractivity contribution in [1.82, 2.24) is 4.90 Å². The lowest BCUT2D eigenvalue weighted by Crippen LogP contribution is -2.34. The van der Waals surface area contributed by atoms with Crippen LogP contribution in [-0.2, 0) is 23.9 Å². The number of ether oxygens (including phenoxy) is 4. The predicted molar refractivity (Wildman–Crippen MR) is 104 cm³/mol. The van der Waals surface area contributed by atoms with E-state index in [1.807, 2.05) is 0 Å². The van der Waals surface area contributed by atoms with Crippen LogP contribution < -0.4 is 9.47 Å². The minimum atomic E-state index is -0.687. The zero-order chi connectivity index (χ0) is 21.6. The number of thioether (sulfide) groups is 1. The van der Waals surface area contributed by atoms with Crippen LogP contribution >= 0.6 is 11.8 Å². The van der Waals surface area contributed by atoms with Gasteiger partial charge < -0.3 is 18.9 Å². The van der Waals surface area contributed by atoms with Gasteiger partial charge in [0.25, 0.3) is 11.1 Å². The lowest BCUT2D eigenvalue weighted by Gasteiger charge is -2.12. The van der Waals surface area contributed by atoms with Gasteiger partial charge in [-0.2, -0.15) is 0 Å². The number of benzene rings is 1. The van der Waals surface area contributed by atoms with Gasteiger partial charge >= 0.3 is 11.9 Å². The molecule has 0 aromatic heterocycles. The molecule has 0 saturated carbocycles. The summed E-state index contributed by atoms with van der Waals surface area (Å²) in [6.07, 6.45) is 1.26. The van der Waals surface area contributed by atoms with E-state index in [9.17, 15) is 19.2 Å². The molecule has 29 heavy (non-hydrogen) atoms. The molecule has 0 atom stereocenters. The third kappa shape index (κ3) is 5.98. The van der Waals surface area contributed by atoms with Crippen LogP contribution in [0.5, 0.6) is 11.5 Å². The maximum atomic E-state index is 12.4. The topological polar surface area (TPSA) is 108 Å². The Hall–Kier alpha value is -3.01. The molecule has 1 aromatic rings. The summed E-state index contributed by atoms with van der Waals surface area (Å²) in [5.74, 6) is -1.12. The molecule has 1 fully saturated rings. The molecule has 1 saturated heterocycles. The molecule has 10 heteroatoms. The fraction of sp³-hybridized carbons (Fsp3) is 0.368. The van der Waals surface area contributed by atoms with Crippen molar-refractivity contribution in [2.75, 3.05) is 27.4 Å². The molecule has 0 aliphatic carbocycles. The van der Waals surface area contributed by atoms with E-state index in [1.54, 1.807) is 32.0 Å². The number of imide groups is 1. The minimum absolute atomic E-state index is 0.162. The van der Waals surface area contributed by atoms with Crippen LogP contribution in [-0.4, -0.2) is 61.5 Å². The number of hydrogen-bond donors (Lipinski definition) is 0. The molecule has 0 spiro atoms. The first kappa shape index (κ1) is 22.3. The normalized spacial score (nSPS) is 15.1. The molecule has 0 bridgehead atoms. The van der Waals surface area contributed by atoms with Crippen molar-refractivity contribution in [3.63, 3.8) is 0 Å². The zero-order valence-corrected chi connectivity index (χ0v) is 17.2. The van der Waals surface area contributed by atoms with Crippen LogP contribution in [0.4, 0.5) is 4.79 Å². The van der Waals surface area contributed by atoms with Gasteiger partial charge in [0.2, 0.25) is 0 Å². The monoisotopic (exact) mass is 423 g/mol. The smallest absolute Gasteiger partial charge is 0.344 e. The number of carbonyl (C=O) groups excluding carboxylic acids is 4. The molecular weight excluding hydrogens is 402 g/mol. The third-order valence-corrected chi connectivity index (χ3v) is 4.49. The second-order valence-corrected chi connectivity index (χ2v) is 7.07. The summed E-state index contributed by atoms with van der Waals surface area (Å²) < 4.78 is 20.2. The van der Waals surface area contributed by atoms with Gasteiger partial charge in [-0.05, 0) is 49.4 Å². The molecule has 0 N–H and O–H groups in total. The van der Waals surface area contributed by atoms with E-state index in [4.69, 9.17) is 14.2 Å². The molecule has 1 heterocycles. The SMILES string of the molecule is COC(=O)CN1C(=O)S/C(=C\c2ccc(OCC(=O)OC(C)C)c(OC)c2)C1=O. The highest BCUT2D eigenvalue weighted by atomic mass is 32.2. The number of amides is 2. The highest BCUT2D eigenvalue weighted by Crippen LogP contribution is 2.34. The van der Waals surface area contributed by atoms with Crippen molar-refractivity contribution in [2.24, 2.45) is 0 Å². The Morgan fingerprint density at radius 2 is 1.86 bits per heavy atom. The number of hydrogen-bond acceptors (Lipinski definition) is 9. The van der Waals surface area contributed by atoms with Gasteiger partial charge in [0.15, 0.2) is 18.1 Å². The van der Waals surface area contributed by atoms with Crippen LogP contribution in [0.25, 0.3) is 6.08 Å². The van der Waals surface area contributed by atoms with Gasteiger partial charge in [-0.25, -0.2) is 4.79 Å². The average Bonchev–Trinajstić information content (AvgIpc) is 2.93. The first-order valence-corrected chi connectivity index (χ1v) is 9.39. The standard InChI is InChI=1S/C19H21NO8S/c1-11(2)28-17(22)10-27-13-6-5-12(7-14(13)25-3)8-15-18(23)20(19(24)29-15)9-16(21)26-4/h5-8,11H,9-10H2,1-4H3/b15-8-. The molecule has 1 aliphatic heterocycles. The van der Waals surface area contributed by atoms with E-state index in [1.165, 1.54) is 20.3 Å². The largest absolute Gasteiger partial charge is 0.493 e. The Kier molecular flexibility index (Phi) is 7.66. The lowest BCUT2D eigenvalue weighted by molar-refractivity contribution is -0.149. The van der Waals surface area contributed by atoms with E-state index in [0.29, 0.717) is 17.1 Å². The van der Waals surface area contributed by atoms with Gasteiger partial charge in [0.05, 0.1) is 25.2 Å². The van der Waals surface area contributed by atoms with Gasteiger partial charge in [-0.1, -0.05) is 6.07 Å². The second kappa shape index (κ2) is 9.97. The van der Waals surface area contributed by atoms with Gasteiger partial charge in [0, 0.05) is 0 Å². The van der Waals surface area contributed by atoms with Crippen molar-refractivity contribution in [1.29, 1.82) is 0 Å². The molecule has 2 rings (SSSR count). The molecule has 1 aliphatic rings. The van der Waals surface area contributed by atoms with E-state index in [-0.39, 0.29) is 17.6 Å². The van der Waals surface area contributed by atoms with Crippen LogP contribution in [0.3, 0.4) is 0 Å². The van der Waals surface area contributed by atoms with Gasteiger partial charge in [-0.15, -0.1) is 0 Å². The Morgan fingerprint density at radius 3 is 2.48 bits per heavy atom. The summed E-state index contributed by atoms with van der Waals surface area (Å²) >= 11 is 0.724. The number of carbonyl (C=O) groups is 4. The van der Waals surface area contributed by atoms with E-state index in [2.05, 4.69) is 4.74 Å². The average molecular weight is 423 g/mol. The van der Waals surface area contributed by atoms with Crippen molar-refractivity contribution in [3.05, 3.63) is 28.7 Å². The number of nitrogens with zero attached hydrogens (tertiary/aromatic N) is 1. The van der Waals surface area contributed by atoms with E-state index >= 15 is 0 Å². The molecule has 156 valence electrons. The quantitative estimate of drug-likeness (QED) is 0.459. The second-order valence-electron chi connectivity index (χ2n) is 6.08. The molecular formula is C19H21NO8S. The summed E-state index contributed by atoms with van der Waals surface area (Å²) in [6.45, 7) is 2.75. The highest BCUT2D eigenvalue weighted by Gasteiger charge is 2.36. The molecule has 0 unspecified atom stereocenters. The Balaban J connectivity index is 2.13. The number of rotatable bonds is 8. The number of esters is 2. The summed E-state index contributed by atoms with van der Waals surface area (Å²) in [5.41, 5.74) is 0.572. The van der Waals surface area contributed by atoms with Crippen LogP contribution in [0.1, 0.15) is 19.4 Å². The van der Waals surface area contributed by atoms with Crippen LogP contribution in [0.2, 0.25) is 0 Å². The predicted octanol–water partition coefficient (Wildman–Crippen LogP) is 2.23. The van der Waals surface area contributed by atoms with Crippen molar-refractivity contribution in [2.45, 2.75) is 20.0 Å². The Bertz CT molecular complexity index is 849. The van der Waals surface area contributed by atoms with Crippen LogP contribution in [0.15, 0.2) is 23.1 Å². The van der Waals surface area contributed by atoms with Crippen molar-refractivity contribution < 1.29 is 38.1 Å². The molecule has 9 nitrogen and oxygen atoms in total. The fourth-order valence-electron chi connectivity index (χ4n) is 2.31. The van der Waals surface area contributed by atoms with Crippen LogP contribution in [0, 0.1) is 0 Å². The first-order chi connectivity index (χ1) is 13.7. The molecule has 0 radical (unpaired) electrons. The van der Waals surface area contributed by atoms with Crippen molar-refractivity contribution >= 4 is 40.9 Å². The molecule has 1 aromatic carbocycles. The van der Waals surface area contributed by atoms with Crippen molar-refractivity contribution in [3.8, 4) is 11.5 Å². The highest BCUT2D eigenvalue weighted by molar-refractivity contribution is 8.18. The first-order valence-electron chi connectivity index (χ1n) is 8.57. The zero-order valence-electron chi connectivity index (χ0n) is 16.4. The molecule has 2 amide bonds. The summed E-state index contributed by atoms with van der Waals surface area (Å²) in [5, 5.41) is -0.553. The summed E-state index contributed by atoms with van der Waals surface area (Å²) in [6, 6.07) is 4.81. The Morgan fingerprint density at radius 1 is 1.14 bits per heavy atom. The third-order valence-electron chi connectivity index (χ3n) is 3.59. The maximum Gasteiger partial charge on any atom is 0.344 e. The summed E-state index contributed by atoms with van der Waals surface area (Å²) in [4.78, 5) is 48.3. The minimum Gasteiger partial charge on any atom is -0.493 e. The number of methoxy groups -OCH3 is 2. The summed E-state index contributed by atoms with van der Waals surface area (Å²) in [7, 11) is 2.61. The van der Waals surface area contributed by atoms with E-state index < -0.39 is 29.6 Å². The maximum absolute atomic E-state index is 12.4.